The van der Waals surface area contributed by atoms with E-state index in [2.05, 4.69) is 52.7 Å². The van der Waals surface area contributed by atoms with Gasteiger partial charge in [0.1, 0.15) is 16.7 Å². The quantitative estimate of drug-likeness (QED) is 0.272. The zero-order valence-electron chi connectivity index (χ0n) is 17.4. The van der Waals surface area contributed by atoms with E-state index in [1.54, 1.807) is 4.90 Å². The highest BCUT2D eigenvalue weighted by Gasteiger charge is 2.32. The number of benzene rings is 2. The zero-order valence-corrected chi connectivity index (χ0v) is 20.6. The standard InChI is InChI=1S/C24H23BrN2O2S2/c1-16(2)14-27-23(28)22(31-24(27)30)12-17-15-26(21-9-8-18(25)13-20(17)21)10-11-29-19-6-4-3-5-7-19/h3-9,12-13,15-16H,10-11,14H2,1-2H3/b22-12-. The molecule has 4 rings (SSSR count). The second kappa shape index (κ2) is 9.59. The molecule has 1 aliphatic rings. The maximum atomic E-state index is 12.9. The number of ether oxygens (including phenoxy) is 1. The van der Waals surface area contributed by atoms with Crippen LogP contribution >= 0.6 is 39.9 Å². The number of hydrogen-bond acceptors (Lipinski definition) is 4. The molecule has 3 aromatic rings. The summed E-state index contributed by atoms with van der Waals surface area (Å²) in [6, 6.07) is 16.0. The molecule has 2 aromatic carbocycles. The van der Waals surface area contributed by atoms with E-state index in [0.717, 1.165) is 26.7 Å². The van der Waals surface area contributed by atoms with Gasteiger partial charge in [0.2, 0.25) is 0 Å². The van der Waals surface area contributed by atoms with E-state index in [0.29, 0.717) is 34.8 Å². The maximum absolute atomic E-state index is 12.9. The molecule has 160 valence electrons. The summed E-state index contributed by atoms with van der Waals surface area (Å²) in [5.74, 6) is 1.21. The fraction of sp³-hybridized carbons (Fsp3) is 0.250. The van der Waals surface area contributed by atoms with Gasteiger partial charge in [-0.05, 0) is 42.3 Å². The van der Waals surface area contributed by atoms with Gasteiger partial charge in [-0.3, -0.25) is 9.69 Å². The predicted octanol–water partition coefficient (Wildman–Crippen LogP) is 6.34. The lowest BCUT2D eigenvalue weighted by Gasteiger charge is -2.16. The highest BCUT2D eigenvalue weighted by atomic mass is 79.9. The molecular weight excluding hydrogens is 492 g/mol. The van der Waals surface area contributed by atoms with Crippen molar-refractivity contribution in [3.05, 3.63) is 69.7 Å². The minimum absolute atomic E-state index is 0.00740. The Bertz CT molecular complexity index is 1160. The van der Waals surface area contributed by atoms with Crippen LogP contribution in [0.1, 0.15) is 19.4 Å². The highest BCUT2D eigenvalue weighted by Crippen LogP contribution is 2.35. The summed E-state index contributed by atoms with van der Waals surface area (Å²) >= 11 is 10.4. The van der Waals surface area contributed by atoms with Gasteiger partial charge in [-0.1, -0.05) is 72.0 Å². The zero-order chi connectivity index (χ0) is 22.0. The summed E-state index contributed by atoms with van der Waals surface area (Å²) in [5.41, 5.74) is 2.10. The van der Waals surface area contributed by atoms with Crippen molar-refractivity contribution in [3.63, 3.8) is 0 Å². The summed E-state index contributed by atoms with van der Waals surface area (Å²) in [6.07, 6.45) is 4.05. The number of thioether (sulfide) groups is 1. The number of thiocarbonyl (C=S) groups is 1. The topological polar surface area (TPSA) is 34.5 Å². The van der Waals surface area contributed by atoms with Gasteiger partial charge >= 0.3 is 0 Å². The number of carbonyl (C=O) groups excluding carboxylic acids is 1. The normalized spacial score (nSPS) is 15.6. The summed E-state index contributed by atoms with van der Waals surface area (Å²) in [7, 11) is 0. The minimum atomic E-state index is -0.00740. The minimum Gasteiger partial charge on any atom is -0.492 e. The van der Waals surface area contributed by atoms with Crippen LogP contribution in [0.15, 0.2) is 64.1 Å². The number of aromatic nitrogens is 1. The van der Waals surface area contributed by atoms with Crippen molar-refractivity contribution in [3.8, 4) is 5.75 Å². The van der Waals surface area contributed by atoms with E-state index in [1.807, 2.05) is 42.5 Å². The van der Waals surface area contributed by atoms with Crippen molar-refractivity contribution < 1.29 is 9.53 Å². The predicted molar refractivity (Wildman–Crippen MR) is 136 cm³/mol. The number of carbonyl (C=O) groups is 1. The van der Waals surface area contributed by atoms with Crippen LogP contribution in [0.25, 0.3) is 17.0 Å². The fourth-order valence-electron chi connectivity index (χ4n) is 3.54. The molecule has 0 spiro atoms. The number of amides is 1. The Labute approximate surface area is 200 Å². The molecule has 1 amide bonds. The molecule has 1 aliphatic heterocycles. The lowest BCUT2D eigenvalue weighted by molar-refractivity contribution is -0.122. The molecular formula is C24H23BrN2O2S2. The van der Waals surface area contributed by atoms with Crippen LogP contribution in [0.3, 0.4) is 0 Å². The molecule has 7 heteroatoms. The lowest BCUT2D eigenvalue weighted by atomic mass is 10.1. The van der Waals surface area contributed by atoms with Crippen molar-refractivity contribution in [2.24, 2.45) is 5.92 Å². The Hall–Kier alpha value is -2.09. The third kappa shape index (κ3) is 5.05. The van der Waals surface area contributed by atoms with Gasteiger partial charge < -0.3 is 9.30 Å². The largest absolute Gasteiger partial charge is 0.492 e. The van der Waals surface area contributed by atoms with Crippen LogP contribution in [0.5, 0.6) is 5.75 Å². The van der Waals surface area contributed by atoms with Crippen LogP contribution in [-0.2, 0) is 11.3 Å². The number of rotatable bonds is 7. The van der Waals surface area contributed by atoms with E-state index in [1.165, 1.54) is 11.8 Å². The first kappa shape index (κ1) is 22.1. The Morgan fingerprint density at radius 3 is 2.71 bits per heavy atom. The van der Waals surface area contributed by atoms with Gasteiger partial charge in [0.25, 0.3) is 5.91 Å². The molecule has 0 saturated carbocycles. The van der Waals surface area contributed by atoms with Gasteiger partial charge in [0.15, 0.2) is 0 Å². The molecule has 0 N–H and O–H groups in total. The first-order valence-electron chi connectivity index (χ1n) is 10.1. The van der Waals surface area contributed by atoms with Crippen molar-refractivity contribution in [2.45, 2.75) is 20.4 Å². The Morgan fingerprint density at radius 2 is 1.97 bits per heavy atom. The summed E-state index contributed by atoms with van der Waals surface area (Å²) in [4.78, 5) is 15.3. The number of fused-ring (bicyclic) bond motifs is 1. The molecule has 31 heavy (non-hydrogen) atoms. The SMILES string of the molecule is CC(C)CN1C(=O)/C(=C/c2cn(CCOc3ccccc3)c3ccc(Br)cc23)SC1=S. The molecule has 4 nitrogen and oxygen atoms in total. The van der Waals surface area contributed by atoms with Crippen LogP contribution in [0.2, 0.25) is 0 Å². The number of hydrogen-bond donors (Lipinski definition) is 0. The van der Waals surface area contributed by atoms with E-state index in [9.17, 15) is 4.79 Å². The highest BCUT2D eigenvalue weighted by molar-refractivity contribution is 9.10. The third-order valence-electron chi connectivity index (χ3n) is 4.93. The molecule has 0 atom stereocenters. The van der Waals surface area contributed by atoms with Crippen molar-refractivity contribution >= 4 is 67.1 Å². The smallest absolute Gasteiger partial charge is 0.266 e. The molecule has 0 bridgehead atoms. The van der Waals surface area contributed by atoms with Crippen molar-refractivity contribution in [1.29, 1.82) is 0 Å². The van der Waals surface area contributed by atoms with Gasteiger partial charge in [0.05, 0.1) is 11.4 Å². The average molecular weight is 515 g/mol. The molecule has 0 aliphatic carbocycles. The van der Waals surface area contributed by atoms with Gasteiger partial charge in [-0.15, -0.1) is 0 Å². The first-order chi connectivity index (χ1) is 14.9. The molecule has 2 heterocycles. The van der Waals surface area contributed by atoms with E-state index in [4.69, 9.17) is 17.0 Å². The monoisotopic (exact) mass is 514 g/mol. The van der Waals surface area contributed by atoms with Crippen LogP contribution in [-0.4, -0.2) is 32.8 Å². The molecule has 1 aromatic heterocycles. The summed E-state index contributed by atoms with van der Waals surface area (Å²) in [5, 5.41) is 1.09. The summed E-state index contributed by atoms with van der Waals surface area (Å²) in [6.45, 7) is 6.08. The molecule has 1 saturated heterocycles. The third-order valence-corrected chi connectivity index (χ3v) is 6.80. The maximum Gasteiger partial charge on any atom is 0.266 e. The first-order valence-corrected chi connectivity index (χ1v) is 12.2. The van der Waals surface area contributed by atoms with E-state index in [-0.39, 0.29) is 5.91 Å². The van der Waals surface area contributed by atoms with Crippen LogP contribution in [0, 0.1) is 5.92 Å². The van der Waals surface area contributed by atoms with Crippen LogP contribution < -0.4 is 4.74 Å². The second-order valence-corrected chi connectivity index (χ2v) is 10.4. The lowest BCUT2D eigenvalue weighted by Crippen LogP contribution is -2.31. The number of nitrogens with zero attached hydrogens (tertiary/aromatic N) is 2. The molecule has 0 unspecified atom stereocenters. The van der Waals surface area contributed by atoms with Gasteiger partial charge in [-0.2, -0.15) is 0 Å². The second-order valence-electron chi connectivity index (χ2n) is 7.79. The van der Waals surface area contributed by atoms with Gasteiger partial charge in [-0.25, -0.2) is 0 Å². The van der Waals surface area contributed by atoms with Gasteiger partial charge in [0, 0.05) is 33.7 Å². The number of halogens is 1. The molecule has 1 fully saturated rings. The number of para-hydroxylation sites is 1. The molecule has 0 radical (unpaired) electrons. The van der Waals surface area contributed by atoms with Crippen LogP contribution in [0.4, 0.5) is 0 Å². The Balaban J connectivity index is 1.61. The average Bonchev–Trinajstić information content (AvgIpc) is 3.20. The van der Waals surface area contributed by atoms with Crippen molar-refractivity contribution in [1.82, 2.24) is 9.47 Å². The van der Waals surface area contributed by atoms with E-state index >= 15 is 0 Å². The fourth-order valence-corrected chi connectivity index (χ4v) is 5.17. The van der Waals surface area contributed by atoms with Crippen molar-refractivity contribution in [2.75, 3.05) is 13.2 Å². The van der Waals surface area contributed by atoms with E-state index < -0.39 is 0 Å². The Morgan fingerprint density at radius 1 is 1.19 bits per heavy atom. The summed E-state index contributed by atoms with van der Waals surface area (Å²) < 4.78 is 9.68. The Kier molecular flexibility index (Phi) is 6.84.